The Morgan fingerprint density at radius 1 is 0.651 bits per heavy atom. The zero-order chi connectivity index (χ0) is 30.2. The van der Waals surface area contributed by atoms with Gasteiger partial charge in [0.05, 0.1) is 5.41 Å². The third kappa shape index (κ3) is 5.16. The van der Waals surface area contributed by atoms with Crippen LogP contribution in [0, 0.1) is 13.8 Å². The van der Waals surface area contributed by atoms with Crippen molar-refractivity contribution >= 4 is 17.1 Å². The Hall–Kier alpha value is -3.91. The number of hydrogen-bond acceptors (Lipinski definition) is 1. The van der Waals surface area contributed by atoms with Gasteiger partial charge in [-0.1, -0.05) is 110 Å². The highest BCUT2D eigenvalue weighted by Crippen LogP contribution is 2.51. The monoisotopic (exact) mass is 567 g/mol. The average molecular weight is 568 g/mol. The Morgan fingerprint density at radius 2 is 1.21 bits per heavy atom. The molecule has 0 N–H and O–H groups in total. The van der Waals surface area contributed by atoms with Crippen molar-refractivity contribution in [2.45, 2.75) is 78.1 Å². The highest BCUT2D eigenvalue weighted by atomic mass is 15.2. The van der Waals surface area contributed by atoms with Crippen molar-refractivity contribution in [3.8, 4) is 0 Å². The molecule has 0 bridgehead atoms. The molecule has 2 aliphatic rings. The van der Waals surface area contributed by atoms with E-state index in [-0.39, 0.29) is 10.8 Å². The number of hydrogen-bond donors (Lipinski definition) is 0. The van der Waals surface area contributed by atoms with Crippen LogP contribution in [0.4, 0.5) is 11.4 Å². The van der Waals surface area contributed by atoms with Gasteiger partial charge >= 0.3 is 0 Å². The molecule has 220 valence electrons. The van der Waals surface area contributed by atoms with Crippen LogP contribution in [0.15, 0.2) is 109 Å². The lowest BCUT2D eigenvalue weighted by Gasteiger charge is -2.32. The Bertz CT molecular complexity index is 1670. The third-order valence-electron chi connectivity index (χ3n) is 9.82. The van der Waals surface area contributed by atoms with Gasteiger partial charge in [0.15, 0.2) is 5.71 Å². The van der Waals surface area contributed by atoms with Crippen LogP contribution >= 0.6 is 0 Å². The molecule has 43 heavy (non-hydrogen) atoms. The molecule has 0 aliphatic carbocycles. The maximum atomic E-state index is 2.63. The second-order valence-electron chi connectivity index (χ2n) is 13.2. The summed E-state index contributed by atoms with van der Waals surface area (Å²) in [4.78, 5) is 2.63. The van der Waals surface area contributed by atoms with Crippen LogP contribution in [-0.4, -0.2) is 23.4 Å². The van der Waals surface area contributed by atoms with E-state index in [9.17, 15) is 0 Å². The summed E-state index contributed by atoms with van der Waals surface area (Å²) in [5, 5.41) is 0. The Balaban J connectivity index is 1.58. The van der Waals surface area contributed by atoms with Crippen molar-refractivity contribution < 1.29 is 4.58 Å². The van der Waals surface area contributed by atoms with E-state index in [0.717, 1.165) is 38.8 Å². The van der Waals surface area contributed by atoms with Crippen LogP contribution < -0.4 is 4.90 Å². The van der Waals surface area contributed by atoms with E-state index in [1.165, 1.54) is 56.2 Å². The zero-order valence-electron chi connectivity index (χ0n) is 27.0. The fraction of sp³-hybridized carbons (Fsp3) is 0.341. The molecule has 2 heteroatoms. The van der Waals surface area contributed by atoms with E-state index in [1.54, 1.807) is 0 Å². The van der Waals surface area contributed by atoms with Crippen molar-refractivity contribution in [2.24, 2.45) is 0 Å². The first-order valence-corrected chi connectivity index (χ1v) is 16.2. The minimum Gasteiger partial charge on any atom is -0.344 e. The lowest BCUT2D eigenvalue weighted by Crippen LogP contribution is -2.37. The fourth-order valence-electron chi connectivity index (χ4n) is 7.62. The minimum atomic E-state index is -0.147. The van der Waals surface area contributed by atoms with Gasteiger partial charge in [0, 0.05) is 47.5 Å². The van der Waals surface area contributed by atoms with Crippen LogP contribution in [0.5, 0.6) is 0 Å². The first kappa shape index (κ1) is 29.2. The number of anilines is 1. The molecule has 0 saturated carbocycles. The van der Waals surface area contributed by atoms with Gasteiger partial charge < -0.3 is 4.90 Å². The SMILES string of the molecule is CCCN1C(=CC2=[N+](CCC)c3ccccc3C2(C)Cc2ccc(C)cc2)C(C)(Cc2ccc(C)cc2)c2ccccc21. The second kappa shape index (κ2) is 11.6. The summed E-state index contributed by atoms with van der Waals surface area (Å²) in [6, 6.07) is 36.6. The predicted molar refractivity (Wildman–Crippen MR) is 183 cm³/mol. The van der Waals surface area contributed by atoms with E-state index >= 15 is 0 Å². The molecule has 2 unspecified atom stereocenters. The lowest BCUT2D eigenvalue weighted by molar-refractivity contribution is -0.437. The molecule has 0 spiro atoms. The second-order valence-corrected chi connectivity index (χ2v) is 13.2. The zero-order valence-corrected chi connectivity index (χ0v) is 27.0. The Kier molecular flexibility index (Phi) is 7.90. The van der Waals surface area contributed by atoms with Gasteiger partial charge in [-0.25, -0.2) is 0 Å². The Labute approximate surface area is 259 Å². The molecule has 0 radical (unpaired) electrons. The number of fused-ring (bicyclic) bond motifs is 2. The Morgan fingerprint density at radius 3 is 1.81 bits per heavy atom. The van der Waals surface area contributed by atoms with Crippen LogP contribution in [0.2, 0.25) is 0 Å². The third-order valence-corrected chi connectivity index (χ3v) is 9.82. The normalized spacial score (nSPS) is 21.9. The van der Waals surface area contributed by atoms with Gasteiger partial charge in [-0.3, -0.25) is 0 Å². The quantitative estimate of drug-likeness (QED) is 0.183. The van der Waals surface area contributed by atoms with Crippen LogP contribution in [-0.2, 0) is 23.7 Å². The highest BCUT2D eigenvalue weighted by molar-refractivity contribution is 6.05. The number of para-hydroxylation sites is 2. The van der Waals surface area contributed by atoms with Crippen LogP contribution in [0.1, 0.15) is 73.9 Å². The van der Waals surface area contributed by atoms with E-state index < -0.39 is 0 Å². The maximum absolute atomic E-state index is 2.63. The molecule has 4 aromatic rings. The van der Waals surface area contributed by atoms with Crippen molar-refractivity contribution in [2.75, 3.05) is 18.0 Å². The first-order chi connectivity index (χ1) is 20.8. The maximum Gasteiger partial charge on any atom is 0.209 e. The molecule has 6 rings (SSSR count). The van der Waals surface area contributed by atoms with E-state index in [1.807, 2.05) is 0 Å². The summed E-state index contributed by atoms with van der Waals surface area (Å²) >= 11 is 0. The molecular weight excluding hydrogens is 520 g/mol. The van der Waals surface area contributed by atoms with Gasteiger partial charge in [-0.15, -0.1) is 0 Å². The smallest absolute Gasteiger partial charge is 0.209 e. The largest absolute Gasteiger partial charge is 0.344 e. The number of nitrogens with zero attached hydrogens (tertiary/aromatic N) is 2. The molecule has 2 atom stereocenters. The van der Waals surface area contributed by atoms with Gasteiger partial charge in [-0.05, 0) is 69.7 Å². The van der Waals surface area contributed by atoms with Gasteiger partial charge in [0.25, 0.3) is 0 Å². The molecule has 0 amide bonds. The average Bonchev–Trinajstić information content (AvgIpc) is 3.37. The topological polar surface area (TPSA) is 6.25 Å². The lowest BCUT2D eigenvalue weighted by atomic mass is 9.72. The molecule has 2 heterocycles. The number of allylic oxidation sites excluding steroid dienone is 2. The van der Waals surface area contributed by atoms with E-state index in [0.29, 0.717) is 0 Å². The molecule has 2 aliphatic heterocycles. The molecule has 0 aromatic heterocycles. The van der Waals surface area contributed by atoms with Crippen molar-refractivity contribution in [3.05, 3.63) is 142 Å². The van der Waals surface area contributed by atoms with Gasteiger partial charge in [0.1, 0.15) is 6.54 Å². The van der Waals surface area contributed by atoms with Gasteiger partial charge in [0.2, 0.25) is 5.69 Å². The predicted octanol–water partition coefficient (Wildman–Crippen LogP) is 9.63. The standard InChI is InChI=1S/C41H47N2/c1-7-25-42-36-15-11-9-13-34(36)40(5,28-32-21-17-30(3)18-22-32)38(42)27-39-41(6,29-33-23-19-31(4)20-24-33)35-14-10-12-16-37(35)43(39)26-8-2/h9-24,27H,7-8,25-26,28-29H2,1-6H3/q+1. The van der Waals surface area contributed by atoms with Crippen molar-refractivity contribution in [1.29, 1.82) is 0 Å². The molecular formula is C41H47N2+. The number of benzene rings is 4. The molecule has 4 aromatic carbocycles. The van der Waals surface area contributed by atoms with Crippen LogP contribution in [0.25, 0.3) is 0 Å². The number of aryl methyl sites for hydroxylation is 2. The first-order valence-electron chi connectivity index (χ1n) is 16.2. The van der Waals surface area contributed by atoms with E-state index in [2.05, 4.69) is 154 Å². The highest BCUT2D eigenvalue weighted by Gasteiger charge is 2.50. The summed E-state index contributed by atoms with van der Waals surface area (Å²) in [7, 11) is 0. The summed E-state index contributed by atoms with van der Waals surface area (Å²) in [6.07, 6.45) is 6.76. The summed E-state index contributed by atoms with van der Waals surface area (Å²) in [5.41, 5.74) is 13.6. The van der Waals surface area contributed by atoms with Crippen LogP contribution in [0.3, 0.4) is 0 Å². The molecule has 0 fully saturated rings. The number of rotatable bonds is 9. The van der Waals surface area contributed by atoms with Crippen molar-refractivity contribution in [3.63, 3.8) is 0 Å². The van der Waals surface area contributed by atoms with E-state index in [4.69, 9.17) is 0 Å². The summed E-state index contributed by atoms with van der Waals surface area (Å²) in [5.74, 6) is 0. The van der Waals surface area contributed by atoms with Gasteiger partial charge in [-0.2, -0.15) is 4.58 Å². The summed E-state index contributed by atoms with van der Waals surface area (Å²) in [6.45, 7) is 15.9. The molecule has 2 nitrogen and oxygen atoms in total. The van der Waals surface area contributed by atoms with Crippen molar-refractivity contribution in [1.82, 2.24) is 0 Å². The minimum absolute atomic E-state index is 0.147. The fourth-order valence-corrected chi connectivity index (χ4v) is 7.62. The molecule has 0 saturated heterocycles. The summed E-state index contributed by atoms with van der Waals surface area (Å²) < 4.78 is 2.63.